The molecule has 0 saturated heterocycles. The number of amides is 1. The van der Waals surface area contributed by atoms with E-state index in [1.807, 2.05) is 65.2 Å². The van der Waals surface area contributed by atoms with Crippen molar-refractivity contribution >= 4 is 34.8 Å². The van der Waals surface area contributed by atoms with Crippen LogP contribution < -0.4 is 10.2 Å². The van der Waals surface area contributed by atoms with Crippen molar-refractivity contribution in [3.05, 3.63) is 99.7 Å². The van der Waals surface area contributed by atoms with Gasteiger partial charge in [-0.05, 0) is 30.2 Å². The zero-order valence-electron chi connectivity index (χ0n) is 18.8. The molecule has 0 bridgehead atoms. The number of hydrogen-bond donors (Lipinski definition) is 1. The minimum atomic E-state index is -0.814. The molecular formula is C26H21N3O5S. The van der Waals surface area contributed by atoms with Crippen molar-refractivity contribution in [2.45, 2.75) is 13.5 Å². The molecule has 0 atom stereocenters. The Hall–Kier alpha value is -4.37. The fourth-order valence-electron chi connectivity index (χ4n) is 3.47. The summed E-state index contributed by atoms with van der Waals surface area (Å²) < 4.78 is 7.10. The lowest BCUT2D eigenvalue weighted by Crippen LogP contribution is -2.29. The highest BCUT2D eigenvalue weighted by atomic mass is 32.1. The van der Waals surface area contributed by atoms with Gasteiger partial charge in [0, 0.05) is 6.08 Å². The van der Waals surface area contributed by atoms with Gasteiger partial charge in [0.1, 0.15) is 4.88 Å². The maximum absolute atomic E-state index is 12.9. The second-order valence-electron chi connectivity index (χ2n) is 7.43. The van der Waals surface area contributed by atoms with Gasteiger partial charge >= 0.3 is 5.97 Å². The minimum Gasteiger partial charge on any atom is -0.462 e. The predicted molar refractivity (Wildman–Crippen MR) is 130 cm³/mol. The number of carbonyl (C=O) groups is 4. The van der Waals surface area contributed by atoms with E-state index in [0.29, 0.717) is 21.9 Å². The van der Waals surface area contributed by atoms with Crippen molar-refractivity contribution in [2.75, 3.05) is 6.61 Å². The third kappa shape index (κ3) is 5.42. The first-order valence-corrected chi connectivity index (χ1v) is 11.6. The fourth-order valence-corrected chi connectivity index (χ4v) is 4.48. The van der Waals surface area contributed by atoms with E-state index in [9.17, 15) is 19.2 Å². The molecule has 3 aromatic rings. The van der Waals surface area contributed by atoms with Crippen LogP contribution in [-0.4, -0.2) is 34.6 Å². The van der Waals surface area contributed by atoms with Gasteiger partial charge in [0.05, 0.1) is 24.4 Å². The predicted octanol–water partition coefficient (Wildman–Crippen LogP) is 3.01. The molecule has 1 N–H and O–H groups in total. The molecular weight excluding hydrogens is 466 g/mol. The summed E-state index contributed by atoms with van der Waals surface area (Å²) in [6, 6.07) is 18.9. The van der Waals surface area contributed by atoms with E-state index in [1.54, 1.807) is 6.92 Å². The Morgan fingerprint density at radius 3 is 2.37 bits per heavy atom. The van der Waals surface area contributed by atoms with Crippen molar-refractivity contribution < 1.29 is 23.9 Å². The van der Waals surface area contributed by atoms with E-state index in [1.165, 1.54) is 0 Å². The van der Waals surface area contributed by atoms with Gasteiger partial charge in [-0.15, -0.1) is 5.10 Å². The Morgan fingerprint density at radius 2 is 1.69 bits per heavy atom. The number of carbonyl (C=O) groups excluding carboxylic acids is 4. The molecule has 2 aromatic carbocycles. The largest absolute Gasteiger partial charge is 0.462 e. The fraction of sp³-hybridized carbons (Fsp3) is 0.115. The second kappa shape index (κ2) is 10.7. The van der Waals surface area contributed by atoms with Crippen LogP contribution in [-0.2, 0) is 25.7 Å². The van der Waals surface area contributed by atoms with Gasteiger partial charge in [-0.2, -0.15) is 0 Å². The zero-order chi connectivity index (χ0) is 24.8. The van der Waals surface area contributed by atoms with Crippen molar-refractivity contribution in [3.8, 4) is 11.3 Å². The Morgan fingerprint density at radius 1 is 1.00 bits per heavy atom. The van der Waals surface area contributed by atoms with Crippen molar-refractivity contribution in [1.82, 2.24) is 9.99 Å². The molecule has 9 heteroatoms. The minimum absolute atomic E-state index is 0.199. The van der Waals surface area contributed by atoms with Gasteiger partial charge < -0.3 is 9.30 Å². The average molecular weight is 488 g/mol. The molecule has 1 amide bonds. The lowest BCUT2D eigenvalue weighted by atomic mass is 10.0. The van der Waals surface area contributed by atoms with E-state index >= 15 is 0 Å². The van der Waals surface area contributed by atoms with E-state index in [2.05, 4.69) is 10.5 Å². The highest BCUT2D eigenvalue weighted by Crippen LogP contribution is 2.27. The summed E-state index contributed by atoms with van der Waals surface area (Å²) in [5.74, 6) is -2.36. The number of nitrogens with one attached hydrogen (secondary N) is 1. The van der Waals surface area contributed by atoms with E-state index < -0.39 is 23.4 Å². The van der Waals surface area contributed by atoms with Crippen molar-refractivity contribution in [1.29, 1.82) is 0 Å². The second-order valence-corrected chi connectivity index (χ2v) is 8.41. The number of ketones is 2. The highest BCUT2D eigenvalue weighted by molar-refractivity contribution is 7.11. The molecule has 4 rings (SSSR count). The first kappa shape index (κ1) is 23.8. The summed E-state index contributed by atoms with van der Waals surface area (Å²) in [5, 5.41) is 4.23. The highest BCUT2D eigenvalue weighted by Gasteiger charge is 2.24. The van der Waals surface area contributed by atoms with Gasteiger partial charge in [0.25, 0.3) is 5.91 Å². The molecule has 8 nitrogen and oxygen atoms in total. The molecule has 0 fully saturated rings. The molecule has 0 aliphatic heterocycles. The first-order valence-electron chi connectivity index (χ1n) is 10.8. The van der Waals surface area contributed by atoms with Gasteiger partial charge in [0.15, 0.2) is 11.6 Å². The summed E-state index contributed by atoms with van der Waals surface area (Å²) in [5.41, 5.74) is 4.37. The molecule has 176 valence electrons. The topological polar surface area (TPSA) is 107 Å². The maximum Gasteiger partial charge on any atom is 0.350 e. The summed E-state index contributed by atoms with van der Waals surface area (Å²) in [6.07, 6.45) is 3.12. The molecule has 1 aliphatic rings. The summed E-state index contributed by atoms with van der Waals surface area (Å²) >= 11 is 1.06. The van der Waals surface area contributed by atoms with Gasteiger partial charge in [-0.1, -0.05) is 72.0 Å². The van der Waals surface area contributed by atoms with Crippen LogP contribution in [0.25, 0.3) is 11.3 Å². The number of hydrogen-bond acceptors (Lipinski definition) is 7. The van der Waals surface area contributed by atoms with Crippen LogP contribution in [0.5, 0.6) is 0 Å². The van der Waals surface area contributed by atoms with Crippen LogP contribution >= 0.6 is 11.3 Å². The lowest BCUT2D eigenvalue weighted by Gasteiger charge is -2.11. The Balaban J connectivity index is 1.83. The summed E-state index contributed by atoms with van der Waals surface area (Å²) in [7, 11) is 0. The van der Waals surface area contributed by atoms with Crippen LogP contribution in [0.3, 0.4) is 0 Å². The molecule has 1 aliphatic carbocycles. The van der Waals surface area contributed by atoms with E-state index in [0.717, 1.165) is 40.7 Å². The zero-order valence-corrected chi connectivity index (χ0v) is 19.6. The van der Waals surface area contributed by atoms with Crippen molar-refractivity contribution in [3.63, 3.8) is 0 Å². The van der Waals surface area contributed by atoms with E-state index in [-0.39, 0.29) is 12.2 Å². The SMILES string of the molecule is CCOC(=O)c1s/c(=N/NC(=O)C2=CC(=O)C=CC2=O)n(Cc2ccccc2)c1-c1ccccc1. The Bertz CT molecular complexity index is 1420. The molecule has 1 aromatic heterocycles. The number of allylic oxidation sites excluding steroid dienone is 3. The van der Waals surface area contributed by atoms with Gasteiger partial charge in [-0.3, -0.25) is 14.4 Å². The van der Waals surface area contributed by atoms with Gasteiger partial charge in [-0.25, -0.2) is 10.2 Å². The van der Waals surface area contributed by atoms with Crippen LogP contribution in [0.4, 0.5) is 0 Å². The molecule has 0 unspecified atom stereocenters. The van der Waals surface area contributed by atoms with Crippen LogP contribution in [0.15, 0.2) is 89.6 Å². The standard InChI is InChI=1S/C26H21N3O5S/c1-2-34-25(33)23-22(18-11-7-4-8-12-18)29(16-17-9-5-3-6-10-17)26(35-23)28-27-24(32)20-15-19(30)13-14-21(20)31/h3-15H,2,16H2,1H3,(H,27,32)/b28-26+. The average Bonchev–Trinajstić information content (AvgIpc) is 3.23. The number of benzene rings is 2. The van der Waals surface area contributed by atoms with Crippen molar-refractivity contribution in [2.24, 2.45) is 5.10 Å². The number of rotatable bonds is 7. The Kier molecular flexibility index (Phi) is 7.27. The number of ether oxygens (including phenoxy) is 1. The summed E-state index contributed by atoms with van der Waals surface area (Å²) in [4.78, 5) is 49.8. The monoisotopic (exact) mass is 487 g/mol. The van der Waals surface area contributed by atoms with Crippen LogP contribution in [0.2, 0.25) is 0 Å². The third-order valence-electron chi connectivity index (χ3n) is 5.05. The molecule has 1 heterocycles. The number of nitrogens with zero attached hydrogens (tertiary/aromatic N) is 2. The lowest BCUT2D eigenvalue weighted by molar-refractivity contribution is -0.122. The first-order chi connectivity index (χ1) is 17.0. The van der Waals surface area contributed by atoms with Crippen LogP contribution in [0, 0.1) is 0 Å². The normalized spacial score (nSPS) is 13.5. The summed E-state index contributed by atoms with van der Waals surface area (Å²) in [6.45, 7) is 2.28. The smallest absolute Gasteiger partial charge is 0.350 e. The number of aromatic nitrogens is 1. The number of thiazole rings is 1. The maximum atomic E-state index is 12.9. The Labute approximate surface area is 204 Å². The number of esters is 1. The van der Waals surface area contributed by atoms with Crippen LogP contribution in [0.1, 0.15) is 22.2 Å². The molecule has 0 saturated carbocycles. The molecule has 0 spiro atoms. The molecule has 0 radical (unpaired) electrons. The van der Waals surface area contributed by atoms with E-state index in [4.69, 9.17) is 4.74 Å². The third-order valence-corrected chi connectivity index (χ3v) is 6.11. The quantitative estimate of drug-likeness (QED) is 0.239. The van der Waals surface area contributed by atoms with Gasteiger partial charge in [0.2, 0.25) is 4.80 Å². The molecule has 35 heavy (non-hydrogen) atoms.